The first-order valence-corrected chi connectivity index (χ1v) is 16.8. The second-order valence-electron chi connectivity index (χ2n) is 11.7. The van der Waals surface area contributed by atoms with Crippen molar-refractivity contribution in [2.45, 2.75) is 65.3 Å². The van der Waals surface area contributed by atoms with Crippen LogP contribution in [0.15, 0.2) is 36.4 Å². The Morgan fingerprint density at radius 2 is 1.39 bits per heavy atom. The zero-order valence-corrected chi connectivity index (χ0v) is 29.0. The number of anilines is 1. The molecule has 2 rings (SSSR count). The van der Waals surface area contributed by atoms with E-state index in [2.05, 4.69) is 21.3 Å². The fourth-order valence-electron chi connectivity index (χ4n) is 4.46. The summed E-state index contributed by atoms with van der Waals surface area (Å²) in [6.07, 6.45) is 2.72. The van der Waals surface area contributed by atoms with Gasteiger partial charge in [-0.25, -0.2) is 0 Å². The summed E-state index contributed by atoms with van der Waals surface area (Å²) in [7, 11) is 0. The number of hydrogen-bond donors (Lipinski definition) is 5. The van der Waals surface area contributed by atoms with Gasteiger partial charge in [-0.05, 0) is 43.0 Å². The molecule has 49 heavy (non-hydrogen) atoms. The fourth-order valence-corrected chi connectivity index (χ4v) is 4.46. The van der Waals surface area contributed by atoms with E-state index in [4.69, 9.17) is 18.9 Å². The molecule has 0 spiro atoms. The highest BCUT2D eigenvalue weighted by molar-refractivity contribution is 5.98. The Bertz CT molecular complexity index is 1210. The van der Waals surface area contributed by atoms with Crippen molar-refractivity contribution < 1.29 is 48.0 Å². The summed E-state index contributed by atoms with van der Waals surface area (Å²) in [4.78, 5) is 62.5. The molecule has 5 amide bonds. The van der Waals surface area contributed by atoms with Crippen molar-refractivity contribution in [3.63, 3.8) is 0 Å². The molecule has 0 bridgehead atoms. The van der Waals surface area contributed by atoms with Crippen molar-refractivity contribution in [3.05, 3.63) is 42.0 Å². The van der Waals surface area contributed by atoms with Crippen molar-refractivity contribution in [2.24, 2.45) is 5.92 Å². The first-order valence-electron chi connectivity index (χ1n) is 16.8. The Labute approximate surface area is 288 Å². The molecular weight excluding hydrogens is 638 g/mol. The Balaban J connectivity index is 1.43. The van der Waals surface area contributed by atoms with Crippen LogP contribution in [0, 0.1) is 5.92 Å². The van der Waals surface area contributed by atoms with Gasteiger partial charge in [0.2, 0.25) is 29.5 Å². The molecule has 0 aliphatic carbocycles. The average Bonchev–Trinajstić information content (AvgIpc) is 3.40. The first-order chi connectivity index (χ1) is 23.5. The van der Waals surface area contributed by atoms with Crippen LogP contribution in [0.25, 0.3) is 0 Å². The lowest BCUT2D eigenvalue weighted by molar-refractivity contribution is -0.132. The predicted octanol–water partition coefficient (Wildman–Crippen LogP) is 0.513. The molecule has 1 aromatic carbocycles. The molecule has 3 atom stereocenters. The monoisotopic (exact) mass is 691 g/mol. The van der Waals surface area contributed by atoms with Crippen molar-refractivity contribution in [1.82, 2.24) is 20.9 Å². The number of rotatable bonds is 25. The van der Waals surface area contributed by atoms with E-state index in [1.807, 2.05) is 45.0 Å². The van der Waals surface area contributed by atoms with Gasteiger partial charge in [0.25, 0.3) is 0 Å². The number of nitrogens with one attached hydrogen (secondary N) is 4. The number of carbonyl (C=O) groups excluding carboxylic acids is 5. The Morgan fingerprint density at radius 1 is 0.796 bits per heavy atom. The number of carbonyl (C=O) groups is 5. The second kappa shape index (κ2) is 23.5. The summed E-state index contributed by atoms with van der Waals surface area (Å²) in [5.41, 5.74) is 1.79. The highest BCUT2D eigenvalue weighted by Crippen LogP contribution is 2.11. The van der Waals surface area contributed by atoms with Gasteiger partial charge < -0.3 is 50.2 Å². The number of aliphatic hydroxyl groups excluding tert-OH is 1. The van der Waals surface area contributed by atoms with Crippen molar-refractivity contribution in [1.29, 1.82) is 0 Å². The number of benzene rings is 1. The highest BCUT2D eigenvalue weighted by Gasteiger charge is 2.27. The van der Waals surface area contributed by atoms with Gasteiger partial charge in [0.05, 0.1) is 52.9 Å². The number of aliphatic hydroxyl groups is 1. The lowest BCUT2D eigenvalue weighted by atomic mass is 10.0. The zero-order valence-electron chi connectivity index (χ0n) is 29.0. The van der Waals surface area contributed by atoms with E-state index in [9.17, 15) is 29.1 Å². The van der Waals surface area contributed by atoms with Crippen LogP contribution in [0.4, 0.5) is 5.69 Å². The molecule has 5 N–H and O–H groups in total. The average molecular weight is 692 g/mol. The molecule has 15 nitrogen and oxygen atoms in total. The van der Waals surface area contributed by atoms with Gasteiger partial charge in [-0.1, -0.05) is 32.9 Å². The van der Waals surface area contributed by atoms with Gasteiger partial charge in [-0.15, -0.1) is 0 Å². The highest BCUT2D eigenvalue weighted by atomic mass is 16.6. The van der Waals surface area contributed by atoms with Crippen LogP contribution in [0.3, 0.4) is 0 Å². The SMILES string of the molecule is CCc1ccc(NC(=O)[C@H](C)NC(=O)[C@@H](NC(=O)CCOCCOCCOCCOCCNC(=O)CCN2C(=O)C=CC2O)C(C)C)cc1. The molecule has 0 radical (unpaired) electrons. The normalized spacial score (nSPS) is 15.3. The van der Waals surface area contributed by atoms with E-state index in [1.165, 1.54) is 17.1 Å². The summed E-state index contributed by atoms with van der Waals surface area (Å²) >= 11 is 0. The molecule has 0 aromatic heterocycles. The molecule has 0 saturated heterocycles. The maximum absolute atomic E-state index is 12.9. The van der Waals surface area contributed by atoms with Crippen molar-refractivity contribution in [2.75, 3.05) is 71.3 Å². The van der Waals surface area contributed by atoms with Crippen LogP contribution >= 0.6 is 0 Å². The van der Waals surface area contributed by atoms with E-state index < -0.39 is 24.2 Å². The summed E-state index contributed by atoms with van der Waals surface area (Å²) in [5.74, 6) is -1.89. The minimum absolute atomic E-state index is 0.0640. The van der Waals surface area contributed by atoms with E-state index in [0.29, 0.717) is 51.9 Å². The van der Waals surface area contributed by atoms with Gasteiger partial charge in [-0.2, -0.15) is 0 Å². The van der Waals surface area contributed by atoms with E-state index in [-0.39, 0.29) is 62.1 Å². The third-order valence-corrected chi connectivity index (χ3v) is 7.40. The Morgan fingerprint density at radius 3 is 1.94 bits per heavy atom. The largest absolute Gasteiger partial charge is 0.379 e. The molecule has 1 aromatic rings. The smallest absolute Gasteiger partial charge is 0.248 e. The van der Waals surface area contributed by atoms with Gasteiger partial charge in [0.1, 0.15) is 18.3 Å². The summed E-state index contributed by atoms with van der Waals surface area (Å²) in [5, 5.41) is 20.5. The van der Waals surface area contributed by atoms with Crippen molar-refractivity contribution >= 4 is 35.2 Å². The number of hydrogen-bond acceptors (Lipinski definition) is 10. The maximum Gasteiger partial charge on any atom is 0.248 e. The van der Waals surface area contributed by atoms with Crippen molar-refractivity contribution in [3.8, 4) is 0 Å². The number of aryl methyl sites for hydroxylation is 1. The molecule has 15 heteroatoms. The lowest BCUT2D eigenvalue weighted by Gasteiger charge is -2.24. The first kappa shape index (κ1) is 41.3. The third-order valence-electron chi connectivity index (χ3n) is 7.40. The molecule has 0 saturated carbocycles. The van der Waals surface area contributed by atoms with Crippen LogP contribution in [-0.2, 0) is 49.3 Å². The summed E-state index contributed by atoms with van der Waals surface area (Å²) in [6.45, 7) is 10.2. The minimum Gasteiger partial charge on any atom is -0.379 e. The molecular formula is C34H53N5O10. The third kappa shape index (κ3) is 16.9. The minimum atomic E-state index is -0.978. The van der Waals surface area contributed by atoms with Crippen LogP contribution in [-0.4, -0.2) is 124 Å². The lowest BCUT2D eigenvalue weighted by Crippen LogP contribution is -2.53. The van der Waals surface area contributed by atoms with E-state index in [1.54, 1.807) is 6.92 Å². The fraction of sp³-hybridized carbons (Fsp3) is 0.618. The molecule has 0 fully saturated rings. The van der Waals surface area contributed by atoms with E-state index in [0.717, 1.165) is 12.0 Å². The quantitative estimate of drug-likeness (QED) is 0.0903. The van der Waals surface area contributed by atoms with Gasteiger partial charge >= 0.3 is 0 Å². The number of ether oxygens (including phenoxy) is 4. The Kier molecular flexibility index (Phi) is 19.8. The summed E-state index contributed by atoms with van der Waals surface area (Å²) < 4.78 is 21.7. The van der Waals surface area contributed by atoms with Gasteiger partial charge in [0, 0.05) is 37.7 Å². The predicted molar refractivity (Wildman–Crippen MR) is 181 cm³/mol. The topological polar surface area (TPSA) is 194 Å². The maximum atomic E-state index is 12.9. The molecule has 1 heterocycles. The molecule has 274 valence electrons. The van der Waals surface area contributed by atoms with Crippen LogP contribution in [0.2, 0.25) is 0 Å². The van der Waals surface area contributed by atoms with Crippen LogP contribution in [0.5, 0.6) is 0 Å². The van der Waals surface area contributed by atoms with Crippen LogP contribution in [0.1, 0.15) is 46.1 Å². The Hall–Kier alpha value is -3.89. The van der Waals surface area contributed by atoms with Gasteiger partial charge in [-0.3, -0.25) is 24.0 Å². The summed E-state index contributed by atoms with van der Waals surface area (Å²) in [6, 6.07) is 5.89. The van der Waals surface area contributed by atoms with Gasteiger partial charge in [0.15, 0.2) is 0 Å². The zero-order chi connectivity index (χ0) is 36.0. The standard InChI is InChI=1S/C34H53N5O10/c1-5-26-6-8-27(9-7-26)37-33(44)25(4)36-34(45)32(24(2)3)38-29(41)13-16-46-18-20-48-22-23-49-21-19-47-17-14-35-28(40)12-15-39-30(42)10-11-31(39)43/h6-11,24-25,30,32,42H,5,12-23H2,1-4H3,(H,35,40)(H,36,45)(H,37,44)(H,38,41)/t25-,30?,32-/m0/s1. The number of nitrogens with zero attached hydrogens (tertiary/aromatic N) is 1. The molecule has 1 unspecified atom stereocenters. The second-order valence-corrected chi connectivity index (χ2v) is 11.7. The number of amides is 5. The molecule has 1 aliphatic rings. The van der Waals surface area contributed by atoms with E-state index >= 15 is 0 Å². The van der Waals surface area contributed by atoms with Crippen LogP contribution < -0.4 is 21.3 Å². The molecule has 1 aliphatic heterocycles.